The number of para-hydroxylation sites is 3. The van der Waals surface area contributed by atoms with Gasteiger partial charge < -0.3 is 9.88 Å². The van der Waals surface area contributed by atoms with Gasteiger partial charge in [0.2, 0.25) is 5.91 Å². The minimum absolute atomic E-state index is 0.0452. The minimum atomic E-state index is -0.540. The van der Waals surface area contributed by atoms with Crippen LogP contribution in [-0.2, 0) is 4.79 Å². The number of carbonyl (C=O) groups excluding carboxylic acids is 1. The summed E-state index contributed by atoms with van der Waals surface area (Å²) in [7, 11) is 0. The Morgan fingerprint density at radius 3 is 1.83 bits per heavy atom. The summed E-state index contributed by atoms with van der Waals surface area (Å²) in [5, 5.41) is 5.61. The fourth-order valence-corrected chi connectivity index (χ4v) is 4.24. The van der Waals surface area contributed by atoms with Crippen LogP contribution in [0.5, 0.6) is 0 Å². The van der Waals surface area contributed by atoms with Crippen molar-refractivity contribution >= 4 is 33.4 Å². The molecule has 0 saturated heterocycles. The van der Waals surface area contributed by atoms with Gasteiger partial charge in [-0.1, -0.05) is 75.4 Å². The molecule has 29 heavy (non-hydrogen) atoms. The van der Waals surface area contributed by atoms with Crippen LogP contribution in [-0.4, -0.2) is 10.5 Å². The van der Waals surface area contributed by atoms with E-state index in [2.05, 4.69) is 72.3 Å². The summed E-state index contributed by atoms with van der Waals surface area (Å²) in [4.78, 5) is 13.2. The monoisotopic (exact) mass is 384 g/mol. The Morgan fingerprint density at radius 2 is 1.28 bits per heavy atom. The first kappa shape index (κ1) is 19.3. The Morgan fingerprint density at radius 1 is 0.793 bits per heavy atom. The summed E-state index contributed by atoms with van der Waals surface area (Å²) < 4.78 is 2.40. The molecule has 0 saturated carbocycles. The van der Waals surface area contributed by atoms with Crippen molar-refractivity contribution in [3.8, 4) is 0 Å². The summed E-state index contributed by atoms with van der Waals surface area (Å²) in [6.45, 7) is 8.49. The number of aromatic nitrogens is 1. The predicted molar refractivity (Wildman–Crippen MR) is 122 cm³/mol. The van der Waals surface area contributed by atoms with E-state index >= 15 is 0 Å². The summed E-state index contributed by atoms with van der Waals surface area (Å²) in [5.41, 5.74) is 2.73. The Hall–Kier alpha value is -3.07. The van der Waals surface area contributed by atoms with Crippen LogP contribution in [0.3, 0.4) is 0 Å². The van der Waals surface area contributed by atoms with E-state index < -0.39 is 5.41 Å². The summed E-state index contributed by atoms with van der Waals surface area (Å²) >= 11 is 0. The normalized spacial score (nSPS) is 14.1. The van der Waals surface area contributed by atoms with E-state index in [-0.39, 0.29) is 17.9 Å². The van der Waals surface area contributed by atoms with E-state index in [1.165, 1.54) is 21.8 Å². The van der Waals surface area contributed by atoms with Crippen molar-refractivity contribution < 1.29 is 4.79 Å². The number of hydrogen-bond acceptors (Lipinski definition) is 1. The molecule has 3 nitrogen and oxygen atoms in total. The summed E-state index contributed by atoms with van der Waals surface area (Å²) in [6, 6.07) is 26.9. The van der Waals surface area contributed by atoms with Gasteiger partial charge in [0.15, 0.2) is 0 Å². The van der Waals surface area contributed by atoms with Crippen LogP contribution in [0.2, 0.25) is 0 Å². The van der Waals surface area contributed by atoms with Gasteiger partial charge in [0, 0.05) is 39.0 Å². The maximum Gasteiger partial charge on any atom is 0.230 e. The second-order valence-corrected chi connectivity index (χ2v) is 8.48. The van der Waals surface area contributed by atoms with Gasteiger partial charge in [-0.25, -0.2) is 0 Å². The average molecular weight is 385 g/mol. The second kappa shape index (κ2) is 7.40. The highest BCUT2D eigenvalue weighted by atomic mass is 16.2. The highest BCUT2D eigenvalue weighted by molar-refractivity contribution is 6.08. The molecule has 0 spiro atoms. The zero-order valence-electron chi connectivity index (χ0n) is 17.5. The highest BCUT2D eigenvalue weighted by Gasteiger charge is 2.38. The Bertz CT molecular complexity index is 1100. The van der Waals surface area contributed by atoms with Gasteiger partial charge in [-0.2, -0.15) is 0 Å². The molecule has 0 aliphatic carbocycles. The smallest absolute Gasteiger partial charge is 0.230 e. The standard InChI is InChI=1S/C26H28N2O/c1-18(26(3,4)25(29)27-20-12-6-5-7-13-20)19(2)28-23-16-10-8-14-21(23)22-15-9-11-17-24(22)28/h5-19H,1-4H3,(H,27,29). The zero-order chi connectivity index (χ0) is 20.6. The molecule has 3 aromatic carbocycles. The first-order valence-corrected chi connectivity index (χ1v) is 10.3. The fraction of sp³-hybridized carbons (Fsp3) is 0.269. The number of benzene rings is 3. The molecule has 1 amide bonds. The number of amides is 1. The second-order valence-electron chi connectivity index (χ2n) is 8.48. The molecule has 1 N–H and O–H groups in total. The van der Waals surface area contributed by atoms with Crippen molar-refractivity contribution in [2.45, 2.75) is 33.7 Å². The summed E-state index contributed by atoms with van der Waals surface area (Å²) in [5.74, 6) is 0.161. The number of nitrogens with one attached hydrogen (secondary N) is 1. The largest absolute Gasteiger partial charge is 0.337 e. The number of fused-ring (bicyclic) bond motifs is 3. The molecule has 1 heterocycles. The SMILES string of the molecule is CC(C(C)C(C)(C)C(=O)Nc1ccccc1)n1c2ccccc2c2ccccc21. The molecule has 2 unspecified atom stereocenters. The number of nitrogens with zero attached hydrogens (tertiary/aromatic N) is 1. The van der Waals surface area contributed by atoms with Crippen LogP contribution in [0.1, 0.15) is 33.7 Å². The van der Waals surface area contributed by atoms with Crippen molar-refractivity contribution in [2.24, 2.45) is 11.3 Å². The molecule has 1 aromatic heterocycles. The van der Waals surface area contributed by atoms with Gasteiger partial charge in [0.25, 0.3) is 0 Å². The van der Waals surface area contributed by atoms with Gasteiger partial charge >= 0.3 is 0 Å². The maximum atomic E-state index is 13.2. The number of carbonyl (C=O) groups is 1. The van der Waals surface area contributed by atoms with Gasteiger partial charge in [0.1, 0.15) is 0 Å². The lowest BCUT2D eigenvalue weighted by Crippen LogP contribution is -2.39. The van der Waals surface area contributed by atoms with Gasteiger partial charge in [-0.15, -0.1) is 0 Å². The molecule has 0 bridgehead atoms. The number of rotatable bonds is 5. The third-order valence-corrected chi connectivity index (χ3v) is 6.50. The van der Waals surface area contributed by atoms with Crippen molar-refractivity contribution in [3.05, 3.63) is 78.9 Å². The fourth-order valence-electron chi connectivity index (χ4n) is 4.24. The minimum Gasteiger partial charge on any atom is -0.337 e. The van der Waals surface area contributed by atoms with E-state index in [1.54, 1.807) is 0 Å². The molecule has 0 radical (unpaired) electrons. The van der Waals surface area contributed by atoms with E-state index in [9.17, 15) is 4.79 Å². The van der Waals surface area contributed by atoms with Gasteiger partial charge in [-0.05, 0) is 37.1 Å². The van der Waals surface area contributed by atoms with Crippen LogP contribution in [0, 0.1) is 11.3 Å². The van der Waals surface area contributed by atoms with Crippen LogP contribution in [0.4, 0.5) is 5.69 Å². The Kier molecular flexibility index (Phi) is 4.91. The molecule has 4 aromatic rings. The summed E-state index contributed by atoms with van der Waals surface area (Å²) in [6.07, 6.45) is 0. The third kappa shape index (κ3) is 3.31. The van der Waals surface area contributed by atoms with Crippen LogP contribution >= 0.6 is 0 Å². The number of anilines is 1. The molecular weight excluding hydrogens is 356 g/mol. The quantitative estimate of drug-likeness (QED) is 0.410. The molecule has 0 aliphatic heterocycles. The third-order valence-electron chi connectivity index (χ3n) is 6.50. The topological polar surface area (TPSA) is 34.0 Å². The Labute approximate surface area is 172 Å². The lowest BCUT2D eigenvalue weighted by Gasteiger charge is -2.36. The average Bonchev–Trinajstić information content (AvgIpc) is 3.08. The van der Waals surface area contributed by atoms with E-state index in [0.29, 0.717) is 0 Å². The predicted octanol–water partition coefficient (Wildman–Crippen LogP) is 6.66. The highest BCUT2D eigenvalue weighted by Crippen LogP contribution is 2.40. The van der Waals surface area contributed by atoms with E-state index in [0.717, 1.165) is 5.69 Å². The van der Waals surface area contributed by atoms with E-state index in [1.807, 2.05) is 44.2 Å². The van der Waals surface area contributed by atoms with Crippen LogP contribution in [0.15, 0.2) is 78.9 Å². The van der Waals surface area contributed by atoms with Crippen molar-refractivity contribution in [1.82, 2.24) is 4.57 Å². The molecule has 148 valence electrons. The molecule has 4 rings (SSSR count). The molecule has 3 heteroatoms. The van der Waals surface area contributed by atoms with Crippen molar-refractivity contribution in [1.29, 1.82) is 0 Å². The van der Waals surface area contributed by atoms with Crippen LogP contribution in [0.25, 0.3) is 21.8 Å². The Balaban J connectivity index is 1.71. The molecule has 0 fully saturated rings. The van der Waals surface area contributed by atoms with Crippen molar-refractivity contribution in [3.63, 3.8) is 0 Å². The maximum absolute atomic E-state index is 13.2. The van der Waals surface area contributed by atoms with E-state index in [4.69, 9.17) is 0 Å². The van der Waals surface area contributed by atoms with Gasteiger partial charge in [-0.3, -0.25) is 4.79 Å². The molecule has 0 aliphatic rings. The molecule has 2 atom stereocenters. The first-order chi connectivity index (χ1) is 13.9. The van der Waals surface area contributed by atoms with Crippen molar-refractivity contribution in [2.75, 3.05) is 5.32 Å². The number of hydrogen-bond donors (Lipinski definition) is 1. The molecular formula is C26H28N2O. The van der Waals surface area contributed by atoms with Gasteiger partial charge in [0.05, 0.1) is 0 Å². The van der Waals surface area contributed by atoms with Crippen LogP contribution < -0.4 is 5.32 Å². The lowest BCUT2D eigenvalue weighted by molar-refractivity contribution is -0.127. The zero-order valence-corrected chi connectivity index (χ0v) is 17.5. The first-order valence-electron chi connectivity index (χ1n) is 10.3. The lowest BCUT2D eigenvalue weighted by atomic mass is 9.75.